The van der Waals surface area contributed by atoms with E-state index >= 15 is 0 Å². The molecule has 0 saturated heterocycles. The molecule has 102 valence electrons. The van der Waals surface area contributed by atoms with Gasteiger partial charge in [0.15, 0.2) is 0 Å². The lowest BCUT2D eigenvalue weighted by molar-refractivity contribution is 0.227. The van der Waals surface area contributed by atoms with E-state index in [-0.39, 0.29) is 6.04 Å². The van der Waals surface area contributed by atoms with Crippen LogP contribution in [0.4, 0.5) is 0 Å². The fraction of sp³-hybridized carbons (Fsp3) is 0.636. The van der Waals surface area contributed by atoms with Crippen molar-refractivity contribution in [3.05, 3.63) is 14.7 Å². The Morgan fingerprint density at radius 1 is 1.56 bits per heavy atom. The SMILES string of the molecule is Cc1sc(Br)cc1S(=O)(=O)N(CCCl)C1CCC1. The van der Waals surface area contributed by atoms with Crippen molar-refractivity contribution >= 4 is 48.9 Å². The van der Waals surface area contributed by atoms with Crippen molar-refractivity contribution in [2.24, 2.45) is 0 Å². The minimum absolute atomic E-state index is 0.131. The van der Waals surface area contributed by atoms with Crippen molar-refractivity contribution in [1.29, 1.82) is 0 Å². The number of rotatable bonds is 5. The third kappa shape index (κ3) is 2.77. The molecule has 1 aromatic heterocycles. The summed E-state index contributed by atoms with van der Waals surface area (Å²) >= 11 is 10.5. The highest BCUT2D eigenvalue weighted by Crippen LogP contribution is 2.35. The van der Waals surface area contributed by atoms with Crippen molar-refractivity contribution in [1.82, 2.24) is 4.31 Å². The summed E-state index contributed by atoms with van der Waals surface area (Å²) in [7, 11) is -3.40. The molecular weight excluding hydrogens is 358 g/mol. The number of aryl methyl sites for hydroxylation is 1. The van der Waals surface area contributed by atoms with Crippen LogP contribution in [0, 0.1) is 6.92 Å². The fourth-order valence-electron chi connectivity index (χ4n) is 2.07. The molecule has 0 spiro atoms. The van der Waals surface area contributed by atoms with Crippen molar-refractivity contribution in [2.75, 3.05) is 12.4 Å². The predicted octanol–water partition coefficient (Wildman–Crippen LogP) is 3.60. The molecule has 0 amide bonds. The summed E-state index contributed by atoms with van der Waals surface area (Å²) in [6.45, 7) is 2.23. The number of thiophene rings is 1. The Hall–Kier alpha value is 0.380. The monoisotopic (exact) mass is 371 g/mol. The Labute approximate surface area is 125 Å². The molecule has 0 atom stereocenters. The molecule has 7 heteroatoms. The highest BCUT2D eigenvalue weighted by molar-refractivity contribution is 9.11. The van der Waals surface area contributed by atoms with Gasteiger partial charge in [0.1, 0.15) is 0 Å². The average Bonchev–Trinajstić information content (AvgIpc) is 2.55. The third-order valence-corrected chi connectivity index (χ3v) is 7.15. The Balaban J connectivity index is 2.35. The largest absolute Gasteiger partial charge is 0.244 e. The summed E-state index contributed by atoms with van der Waals surface area (Å²) in [6.07, 6.45) is 2.99. The van der Waals surface area contributed by atoms with Gasteiger partial charge in [0.2, 0.25) is 10.0 Å². The van der Waals surface area contributed by atoms with Gasteiger partial charge < -0.3 is 0 Å². The van der Waals surface area contributed by atoms with Crippen LogP contribution >= 0.6 is 38.9 Å². The van der Waals surface area contributed by atoms with E-state index in [1.165, 1.54) is 11.3 Å². The zero-order valence-electron chi connectivity index (χ0n) is 10.0. The van der Waals surface area contributed by atoms with Crippen LogP contribution in [-0.4, -0.2) is 31.2 Å². The van der Waals surface area contributed by atoms with E-state index in [0.717, 1.165) is 27.9 Å². The third-order valence-electron chi connectivity index (χ3n) is 3.22. The second-order valence-electron chi connectivity index (χ2n) is 4.36. The van der Waals surface area contributed by atoms with Crippen LogP contribution in [0.1, 0.15) is 24.1 Å². The van der Waals surface area contributed by atoms with Crippen LogP contribution in [0.2, 0.25) is 0 Å². The molecule has 2 rings (SSSR count). The minimum Gasteiger partial charge on any atom is -0.207 e. The molecule has 18 heavy (non-hydrogen) atoms. The zero-order valence-corrected chi connectivity index (χ0v) is 14.0. The van der Waals surface area contributed by atoms with Gasteiger partial charge in [-0.3, -0.25) is 0 Å². The Morgan fingerprint density at radius 3 is 2.61 bits per heavy atom. The number of sulfonamides is 1. The van der Waals surface area contributed by atoms with Crippen LogP contribution in [0.15, 0.2) is 14.7 Å². The summed E-state index contributed by atoms with van der Waals surface area (Å²) in [5.41, 5.74) is 0. The summed E-state index contributed by atoms with van der Waals surface area (Å²) in [5.74, 6) is 0.333. The Morgan fingerprint density at radius 2 is 2.22 bits per heavy atom. The summed E-state index contributed by atoms with van der Waals surface area (Å²) < 4.78 is 27.7. The first kappa shape index (κ1) is 14.8. The molecule has 0 aliphatic heterocycles. The van der Waals surface area contributed by atoms with Crippen LogP contribution in [0.3, 0.4) is 0 Å². The second-order valence-corrected chi connectivity index (χ2v) is 9.23. The van der Waals surface area contributed by atoms with Gasteiger partial charge in [0.25, 0.3) is 0 Å². The lowest BCUT2D eigenvalue weighted by Gasteiger charge is -2.36. The van der Waals surface area contributed by atoms with E-state index in [9.17, 15) is 8.42 Å². The molecule has 0 bridgehead atoms. The maximum Gasteiger partial charge on any atom is 0.244 e. The second kappa shape index (κ2) is 5.79. The van der Waals surface area contributed by atoms with Crippen molar-refractivity contribution in [3.63, 3.8) is 0 Å². The molecule has 1 aliphatic rings. The maximum atomic E-state index is 12.6. The lowest BCUT2D eigenvalue weighted by atomic mass is 9.93. The van der Waals surface area contributed by atoms with Gasteiger partial charge in [-0.1, -0.05) is 6.42 Å². The molecule has 3 nitrogen and oxygen atoms in total. The molecule has 1 fully saturated rings. The van der Waals surface area contributed by atoms with Crippen molar-refractivity contribution < 1.29 is 8.42 Å². The minimum atomic E-state index is -3.40. The van der Waals surface area contributed by atoms with E-state index in [4.69, 9.17) is 11.6 Å². The van der Waals surface area contributed by atoms with Gasteiger partial charge in [-0.05, 0) is 41.8 Å². The molecule has 0 aromatic carbocycles. The summed E-state index contributed by atoms with van der Waals surface area (Å²) in [5, 5.41) is 0. The van der Waals surface area contributed by atoms with E-state index in [1.54, 1.807) is 10.4 Å². The van der Waals surface area contributed by atoms with Crippen LogP contribution in [-0.2, 0) is 10.0 Å². The lowest BCUT2D eigenvalue weighted by Crippen LogP contribution is -2.45. The maximum absolute atomic E-state index is 12.6. The van der Waals surface area contributed by atoms with Gasteiger partial charge in [-0.15, -0.1) is 22.9 Å². The molecule has 0 N–H and O–H groups in total. The number of hydrogen-bond acceptors (Lipinski definition) is 3. The highest BCUT2D eigenvalue weighted by atomic mass is 79.9. The molecular formula is C11H15BrClNO2S2. The zero-order chi connectivity index (χ0) is 13.3. The molecule has 1 aromatic rings. The van der Waals surface area contributed by atoms with Crippen LogP contribution in [0.5, 0.6) is 0 Å². The quantitative estimate of drug-likeness (QED) is 0.741. The van der Waals surface area contributed by atoms with Crippen molar-refractivity contribution in [3.8, 4) is 0 Å². The van der Waals surface area contributed by atoms with Crippen LogP contribution in [0.25, 0.3) is 0 Å². The normalized spacial score (nSPS) is 17.1. The standard InChI is InChI=1S/C11H15BrClNO2S2/c1-8-10(7-11(12)17-8)18(15,16)14(6-5-13)9-3-2-4-9/h7,9H,2-6H2,1H3. The van der Waals surface area contributed by atoms with Gasteiger partial charge in [0, 0.05) is 23.3 Å². The Kier molecular flexibility index (Phi) is 4.75. The number of halogens is 2. The van der Waals surface area contributed by atoms with E-state index < -0.39 is 10.0 Å². The topological polar surface area (TPSA) is 37.4 Å². The van der Waals surface area contributed by atoms with Gasteiger partial charge >= 0.3 is 0 Å². The first-order valence-electron chi connectivity index (χ1n) is 5.80. The molecule has 1 heterocycles. The number of alkyl halides is 1. The van der Waals surface area contributed by atoms with Gasteiger partial charge in [0.05, 0.1) is 8.68 Å². The molecule has 0 unspecified atom stereocenters. The average molecular weight is 373 g/mol. The molecule has 0 radical (unpaired) electrons. The first-order valence-corrected chi connectivity index (χ1v) is 9.39. The molecule has 1 aliphatic carbocycles. The highest BCUT2D eigenvalue weighted by Gasteiger charge is 2.35. The molecule has 1 saturated carbocycles. The van der Waals surface area contributed by atoms with E-state index in [2.05, 4.69) is 15.9 Å². The smallest absolute Gasteiger partial charge is 0.207 e. The van der Waals surface area contributed by atoms with Crippen molar-refractivity contribution in [2.45, 2.75) is 37.1 Å². The number of nitrogens with zero attached hydrogens (tertiary/aromatic N) is 1. The van der Waals surface area contributed by atoms with E-state index in [0.29, 0.717) is 17.3 Å². The van der Waals surface area contributed by atoms with E-state index in [1.807, 2.05) is 6.92 Å². The van der Waals surface area contributed by atoms with Gasteiger partial charge in [-0.25, -0.2) is 8.42 Å². The fourth-order valence-corrected chi connectivity index (χ4v) is 6.42. The predicted molar refractivity (Wildman–Crippen MR) is 79.0 cm³/mol. The Bertz CT molecular complexity index is 525. The number of hydrogen-bond donors (Lipinski definition) is 0. The van der Waals surface area contributed by atoms with Gasteiger partial charge in [-0.2, -0.15) is 4.31 Å². The summed E-state index contributed by atoms with van der Waals surface area (Å²) in [6, 6.07) is 1.82. The first-order chi connectivity index (χ1) is 8.46. The summed E-state index contributed by atoms with van der Waals surface area (Å²) in [4.78, 5) is 1.23. The van der Waals surface area contributed by atoms with Crippen LogP contribution < -0.4 is 0 Å².